The lowest BCUT2D eigenvalue weighted by Crippen LogP contribution is -2.69. The molecule has 6 saturated heterocycles. The summed E-state index contributed by atoms with van der Waals surface area (Å²) in [7, 11) is -6.63. The number of aryl methyl sites for hydroxylation is 2. The summed E-state index contributed by atoms with van der Waals surface area (Å²) in [4.78, 5) is 32.0. The molecule has 6 aliphatic heterocycles. The van der Waals surface area contributed by atoms with Crippen molar-refractivity contribution < 1.29 is 54.2 Å². The predicted octanol–water partition coefficient (Wildman–Crippen LogP) is 8.68. The number of anilines is 3. The molecule has 2 aromatic heterocycles. The SMILES string of the molecule is Cc1cc(Oc2ccccc2F)ccc1-n1ncc(C(=O)C2=Cc3cc(OCCN4CC5CC(C4)N5)c(N)cc3C2)c1N.Cc1cc(Oc2ccccc2F)ccc1-n1ncc(C(=O)C2=Cc3cc(OCCN4CC5CC(C4)N5S(C)(=O)=O)c(CS(C)(=O)=O)cc3C2)c1N. The molecule has 7 N–H and O–H groups in total. The Kier molecular flexibility index (Phi) is 17.3. The highest BCUT2D eigenvalue weighted by Crippen LogP contribution is 2.40. The summed E-state index contributed by atoms with van der Waals surface area (Å²) >= 11 is 0. The number of piperidine rings is 2. The van der Waals surface area contributed by atoms with E-state index >= 15 is 0 Å². The van der Waals surface area contributed by atoms with Crippen LogP contribution in [-0.2, 0) is 38.5 Å². The van der Waals surface area contributed by atoms with Gasteiger partial charge in [0.05, 0.1) is 52.6 Å². The van der Waals surface area contributed by atoms with Crippen LogP contribution in [0.3, 0.4) is 0 Å². The number of sulfone groups is 1. The first-order valence-corrected chi connectivity index (χ1v) is 34.8. The number of ether oxygens (including phenoxy) is 4. The molecule has 8 heterocycles. The third-order valence-corrected chi connectivity index (χ3v) is 20.2. The number of fused-ring (bicyclic) bond motifs is 6. The van der Waals surface area contributed by atoms with E-state index in [4.69, 9.17) is 36.1 Å². The molecule has 6 fully saturated rings. The number of nitrogens with one attached hydrogen (secondary N) is 1. The van der Waals surface area contributed by atoms with Gasteiger partial charge in [-0.25, -0.2) is 35.0 Å². The van der Waals surface area contributed by atoms with Gasteiger partial charge >= 0.3 is 0 Å². The topological polar surface area (TPSA) is 275 Å². The number of hydrogen-bond acceptors (Lipinski definition) is 18. The second-order valence-electron chi connectivity index (χ2n) is 25.0. The number of hydrogen-bond donors (Lipinski definition) is 4. The van der Waals surface area contributed by atoms with Crippen LogP contribution in [0.15, 0.2) is 133 Å². The number of carbonyl (C=O) groups excluding carboxylic acids is 2. The van der Waals surface area contributed by atoms with Crippen molar-refractivity contribution in [2.75, 3.05) is 82.2 Å². The van der Waals surface area contributed by atoms with Crippen LogP contribution < -0.4 is 41.5 Å². The molecule has 2 aliphatic carbocycles. The molecule has 4 unspecified atom stereocenters. The summed E-state index contributed by atoms with van der Waals surface area (Å²) < 4.78 is 105. The van der Waals surface area contributed by atoms with E-state index in [1.54, 1.807) is 89.2 Å². The fourth-order valence-electron chi connectivity index (χ4n) is 13.5. The van der Waals surface area contributed by atoms with Gasteiger partial charge in [-0.1, -0.05) is 30.3 Å². The second-order valence-corrected chi connectivity index (χ2v) is 29.0. The molecule has 0 amide bonds. The standard InChI is InChI=1S/C36H38FN5O7S2.C33H33FN6O3/c1-22-12-29(49-33-7-5-4-6-31(33)37)8-9-32(22)41-36(38)30(18-39-41)35(43)25-13-23-15-26(21-50(2,44)45)34(16-24(23)14-25)48-11-10-40-19-27-17-28(20-40)42(27)51(3,46)47;1-19-10-25(43-30-5-3-2-4-27(30)34)6-7-29(19)40-33(36)26(16-37-40)32(41)22-11-20-13-28(35)31(14-21(20)12-22)42-9-8-39-17-23-15-24(18-39)38-23/h4-9,12,14-16,18,27-28H,10-11,13,17,19-21,38H2,1-3H3;2-7,10,12-14,16,23-24,38H,8-9,11,15,17-18,35-36H2,1H3. The first-order chi connectivity index (χ1) is 45.0. The number of sulfonamides is 1. The summed E-state index contributed by atoms with van der Waals surface area (Å²) in [6.07, 6.45) is 11.8. The normalized spacial score (nSPS) is 19.0. The molecule has 8 aliphatic rings. The van der Waals surface area contributed by atoms with Crippen LogP contribution in [-0.4, -0.2) is 151 Å². The van der Waals surface area contributed by atoms with Gasteiger partial charge in [0.1, 0.15) is 47.8 Å². The maximum atomic E-state index is 14.1. The average Bonchev–Trinajstić information content (AvgIpc) is 0.786. The Hall–Kier alpha value is -9.24. The van der Waals surface area contributed by atoms with Crippen LogP contribution in [0.1, 0.15) is 72.5 Å². The van der Waals surface area contributed by atoms with Gasteiger partial charge in [0.25, 0.3) is 0 Å². The number of piperazine rings is 2. The molecule has 488 valence electrons. The number of halogens is 2. The number of para-hydroxylation sites is 2. The van der Waals surface area contributed by atoms with Crippen molar-refractivity contribution in [2.24, 2.45) is 0 Å². The van der Waals surface area contributed by atoms with Crippen molar-refractivity contribution in [2.45, 2.75) is 69.5 Å². The zero-order chi connectivity index (χ0) is 65.9. The number of allylic oxidation sites excluding steroid dienone is 2. The lowest BCUT2D eigenvalue weighted by atomic mass is 9.91. The van der Waals surface area contributed by atoms with Gasteiger partial charge in [-0.05, 0) is 151 Å². The summed E-state index contributed by atoms with van der Waals surface area (Å²) in [5.74, 6) is 0.963. The quantitative estimate of drug-likeness (QED) is 0.0387. The zero-order valence-electron chi connectivity index (χ0n) is 52.2. The molecule has 0 spiro atoms. The zero-order valence-corrected chi connectivity index (χ0v) is 53.9. The molecule has 25 heteroatoms. The van der Waals surface area contributed by atoms with Crippen molar-refractivity contribution in [3.63, 3.8) is 0 Å². The Balaban J connectivity index is 0.000000173. The maximum Gasteiger partial charge on any atom is 0.211 e. The van der Waals surface area contributed by atoms with Gasteiger partial charge in [0.2, 0.25) is 10.0 Å². The summed E-state index contributed by atoms with van der Waals surface area (Å²) in [6, 6.07) is 31.3. The minimum absolute atomic E-state index is 0.0296. The minimum atomic E-state index is -3.40. The van der Waals surface area contributed by atoms with Crippen molar-refractivity contribution in [1.82, 2.24) is 39.0 Å². The molecule has 21 nitrogen and oxygen atoms in total. The molecule has 8 aromatic rings. The molecule has 94 heavy (non-hydrogen) atoms. The Labute approximate surface area is 543 Å². The van der Waals surface area contributed by atoms with Crippen LogP contribution in [0, 0.1) is 25.5 Å². The van der Waals surface area contributed by atoms with Crippen molar-refractivity contribution >= 4 is 60.9 Å². The van der Waals surface area contributed by atoms with Crippen molar-refractivity contribution in [3.8, 4) is 45.9 Å². The fourth-order valence-corrected chi connectivity index (χ4v) is 15.6. The van der Waals surface area contributed by atoms with Crippen LogP contribution in [0.5, 0.6) is 34.5 Å². The highest BCUT2D eigenvalue weighted by atomic mass is 32.2. The van der Waals surface area contributed by atoms with Crippen molar-refractivity contribution in [1.29, 1.82) is 0 Å². The number of carbonyl (C=O) groups is 2. The molecule has 0 radical (unpaired) electrons. The van der Waals surface area contributed by atoms with Gasteiger partial charge in [0.15, 0.2) is 44.5 Å². The Morgan fingerprint density at radius 2 is 1.06 bits per heavy atom. The minimum Gasteiger partial charge on any atom is -0.492 e. The van der Waals surface area contributed by atoms with Crippen LogP contribution in [0.25, 0.3) is 23.5 Å². The van der Waals surface area contributed by atoms with Gasteiger partial charge in [-0.2, -0.15) is 14.5 Å². The summed E-state index contributed by atoms with van der Waals surface area (Å²) in [6.45, 7) is 9.32. The second kappa shape index (κ2) is 25.6. The smallest absolute Gasteiger partial charge is 0.211 e. The van der Waals surface area contributed by atoms with E-state index in [1.807, 2.05) is 32.1 Å². The molecule has 16 rings (SSSR count). The molecule has 0 saturated carbocycles. The highest BCUT2D eigenvalue weighted by molar-refractivity contribution is 7.89. The molecule has 4 bridgehead atoms. The van der Waals surface area contributed by atoms with E-state index in [9.17, 15) is 35.2 Å². The van der Waals surface area contributed by atoms with Crippen LogP contribution in [0.4, 0.5) is 26.1 Å². The number of ketones is 2. The first kappa shape index (κ1) is 63.5. The van der Waals surface area contributed by atoms with Gasteiger partial charge in [-0.15, -0.1) is 0 Å². The Bertz CT molecular complexity index is 4620. The van der Waals surface area contributed by atoms with Crippen molar-refractivity contribution in [3.05, 3.63) is 194 Å². The van der Waals surface area contributed by atoms with E-state index in [0.717, 1.165) is 65.7 Å². The Morgan fingerprint density at radius 1 is 0.596 bits per heavy atom. The summed E-state index contributed by atoms with van der Waals surface area (Å²) in [5.41, 5.74) is 28.3. The average molecular weight is 1320 g/mol. The lowest BCUT2D eigenvalue weighted by Gasteiger charge is -2.54. The number of rotatable bonds is 21. The van der Waals surface area contributed by atoms with E-state index < -0.39 is 31.5 Å². The Morgan fingerprint density at radius 3 is 1.54 bits per heavy atom. The highest BCUT2D eigenvalue weighted by Gasteiger charge is 2.49. The van der Waals surface area contributed by atoms with Gasteiger partial charge in [-0.3, -0.25) is 19.4 Å². The largest absolute Gasteiger partial charge is 0.492 e. The number of nitrogens with zero attached hydrogens (tertiary/aromatic N) is 7. The van der Waals surface area contributed by atoms with Gasteiger partial charge in [0, 0.05) is 99.2 Å². The molecule has 4 atom stereocenters. The van der Waals surface area contributed by atoms with E-state index in [-0.39, 0.29) is 71.1 Å². The third-order valence-electron chi connectivity index (χ3n) is 18.0. The van der Waals surface area contributed by atoms with Gasteiger partial charge < -0.3 is 41.5 Å². The first-order valence-electron chi connectivity index (χ1n) is 30.9. The van der Waals surface area contributed by atoms with E-state index in [2.05, 4.69) is 25.3 Å². The number of benzene rings is 6. The molecule has 6 aromatic carbocycles. The molecular weight excluding hydrogens is 1240 g/mol. The van der Waals surface area contributed by atoms with Crippen LogP contribution in [0.2, 0.25) is 0 Å². The van der Waals surface area contributed by atoms with Crippen LogP contribution >= 0.6 is 0 Å². The number of nitrogen functional groups attached to an aromatic ring is 3. The third kappa shape index (κ3) is 13.3. The van der Waals surface area contributed by atoms with E-state index in [0.29, 0.717) is 107 Å². The predicted molar refractivity (Wildman–Crippen MR) is 354 cm³/mol. The fraction of sp³-hybridized carbons (Fsp3) is 0.304. The number of aromatic nitrogens is 4. The number of nitrogens with two attached hydrogens (primary N) is 3. The maximum absolute atomic E-state index is 14.1. The van der Waals surface area contributed by atoms with E-state index in [1.165, 1.54) is 52.6 Å². The summed E-state index contributed by atoms with van der Waals surface area (Å²) in [5, 5.41) is 12.4. The number of Topliss-reactive ketones (excluding diaryl/α,β-unsaturated/α-hetero) is 2. The molecular formula is C69H71F2N11O10S2. The monoisotopic (exact) mass is 1320 g/mol. The lowest BCUT2D eigenvalue weighted by molar-refractivity contribution is -0.0104.